The molecule has 2 rings (SSSR count). The van der Waals surface area contributed by atoms with E-state index >= 15 is 0 Å². The van der Waals surface area contributed by atoms with Crippen LogP contribution in [-0.2, 0) is 11.3 Å². The van der Waals surface area contributed by atoms with Crippen LogP contribution >= 0.6 is 0 Å². The third kappa shape index (κ3) is 3.71. The van der Waals surface area contributed by atoms with Crippen molar-refractivity contribution in [3.8, 4) is 11.4 Å². The molecule has 1 amide bonds. The van der Waals surface area contributed by atoms with Crippen molar-refractivity contribution < 1.29 is 4.79 Å². The molecular weight excluding hydrogens is 278 g/mol. The molecule has 0 fully saturated rings. The maximum absolute atomic E-state index is 12.2. The molecule has 1 heterocycles. The number of nitrogens with two attached hydrogens (primary N) is 1. The molecule has 1 aromatic heterocycles. The zero-order valence-electron chi connectivity index (χ0n) is 13.5. The van der Waals surface area contributed by atoms with E-state index in [0.717, 1.165) is 11.3 Å². The van der Waals surface area contributed by atoms with Crippen LogP contribution in [0, 0.1) is 11.3 Å². The average molecular weight is 301 g/mol. The lowest BCUT2D eigenvalue weighted by atomic mass is 9.81. The van der Waals surface area contributed by atoms with Gasteiger partial charge in [0.15, 0.2) is 5.82 Å². The lowest BCUT2D eigenvalue weighted by Gasteiger charge is -2.26. The molecule has 6 nitrogen and oxygen atoms in total. The Morgan fingerprint density at radius 2 is 1.95 bits per heavy atom. The van der Waals surface area contributed by atoms with Gasteiger partial charge in [0.1, 0.15) is 5.82 Å². The predicted octanol–water partition coefficient (Wildman–Crippen LogP) is 2.55. The molecule has 0 saturated heterocycles. The third-order valence-corrected chi connectivity index (χ3v) is 3.83. The summed E-state index contributed by atoms with van der Waals surface area (Å²) in [7, 11) is 0. The van der Waals surface area contributed by atoms with Crippen LogP contribution in [0.5, 0.6) is 0 Å². The minimum absolute atomic E-state index is 0.0172. The van der Waals surface area contributed by atoms with Gasteiger partial charge in [-0.15, -0.1) is 0 Å². The summed E-state index contributed by atoms with van der Waals surface area (Å²) in [5, 5.41) is 9.82. The number of anilines is 1. The second-order valence-electron chi connectivity index (χ2n) is 6.46. The fraction of sp³-hybridized carbons (Fsp3) is 0.438. The molecule has 22 heavy (non-hydrogen) atoms. The minimum Gasteiger partial charge on any atom is -0.326 e. The van der Waals surface area contributed by atoms with Gasteiger partial charge >= 0.3 is 0 Å². The molecule has 4 N–H and O–H groups in total. The van der Waals surface area contributed by atoms with Crippen LogP contribution in [0.1, 0.15) is 33.5 Å². The number of hydrogen-bond acceptors (Lipinski definition) is 4. The first kappa shape index (κ1) is 16.2. The highest BCUT2D eigenvalue weighted by Crippen LogP contribution is 2.27. The van der Waals surface area contributed by atoms with Crippen molar-refractivity contribution in [1.82, 2.24) is 15.2 Å². The molecule has 118 valence electrons. The Bertz CT molecular complexity index is 639. The van der Waals surface area contributed by atoms with E-state index < -0.39 is 0 Å². The second-order valence-corrected chi connectivity index (χ2v) is 6.46. The summed E-state index contributed by atoms with van der Waals surface area (Å²) >= 11 is 0. The molecule has 0 radical (unpaired) electrons. The highest BCUT2D eigenvalue weighted by Gasteiger charge is 2.26. The summed E-state index contributed by atoms with van der Waals surface area (Å²) in [4.78, 5) is 16.5. The molecule has 6 heteroatoms. The van der Waals surface area contributed by atoms with Gasteiger partial charge in [0, 0.05) is 17.2 Å². The summed E-state index contributed by atoms with van der Waals surface area (Å²) < 4.78 is 0. The summed E-state index contributed by atoms with van der Waals surface area (Å²) in [6, 6.07) is 7.45. The van der Waals surface area contributed by atoms with E-state index in [1.807, 2.05) is 31.2 Å². The van der Waals surface area contributed by atoms with Gasteiger partial charge in [-0.05, 0) is 29.7 Å². The molecule has 0 aliphatic carbocycles. The van der Waals surface area contributed by atoms with E-state index in [1.54, 1.807) is 0 Å². The number of hydrogen-bond donors (Lipinski definition) is 3. The quantitative estimate of drug-likeness (QED) is 0.808. The smallest absolute Gasteiger partial charge is 0.227 e. The number of H-pyrrole nitrogens is 1. The lowest BCUT2D eigenvalue weighted by molar-refractivity contribution is -0.122. The van der Waals surface area contributed by atoms with E-state index in [0.29, 0.717) is 18.2 Å². The van der Waals surface area contributed by atoms with Gasteiger partial charge in [-0.1, -0.05) is 27.7 Å². The average Bonchev–Trinajstić information content (AvgIpc) is 2.95. The molecule has 0 spiro atoms. The molecule has 0 saturated carbocycles. The molecule has 1 atom stereocenters. The number of rotatable bonds is 4. The van der Waals surface area contributed by atoms with E-state index in [2.05, 4.69) is 41.3 Å². The first-order chi connectivity index (χ1) is 10.3. The van der Waals surface area contributed by atoms with Gasteiger partial charge in [-0.25, -0.2) is 4.98 Å². The molecule has 2 aromatic rings. The van der Waals surface area contributed by atoms with Crippen molar-refractivity contribution in [2.24, 2.45) is 17.1 Å². The molecule has 0 aliphatic heterocycles. The van der Waals surface area contributed by atoms with Gasteiger partial charge in [-0.2, -0.15) is 5.10 Å². The van der Waals surface area contributed by atoms with Crippen molar-refractivity contribution in [1.29, 1.82) is 0 Å². The van der Waals surface area contributed by atoms with Crippen molar-refractivity contribution >= 4 is 11.6 Å². The molecular formula is C16H23N5O. The number of nitrogens with zero attached hydrogens (tertiary/aromatic N) is 2. The van der Waals surface area contributed by atoms with Crippen LogP contribution < -0.4 is 11.1 Å². The fourth-order valence-corrected chi connectivity index (χ4v) is 1.86. The standard InChI is InChI=1S/C16H23N5O/c1-10(16(2,3)4)15(22)18-12-7-5-11(6-8-12)14-19-13(9-17)20-21-14/h5-8,10H,9,17H2,1-4H3,(H,18,22)(H,19,20,21). The molecule has 1 unspecified atom stereocenters. The van der Waals surface area contributed by atoms with Crippen molar-refractivity contribution in [3.63, 3.8) is 0 Å². The van der Waals surface area contributed by atoms with Crippen LogP contribution in [0.2, 0.25) is 0 Å². The highest BCUT2D eigenvalue weighted by molar-refractivity contribution is 5.92. The normalized spacial score (nSPS) is 13.0. The molecule has 0 aliphatic rings. The van der Waals surface area contributed by atoms with Crippen LogP contribution in [-0.4, -0.2) is 21.1 Å². The van der Waals surface area contributed by atoms with Gasteiger partial charge < -0.3 is 11.1 Å². The number of carbonyl (C=O) groups is 1. The Morgan fingerprint density at radius 1 is 1.32 bits per heavy atom. The summed E-state index contributed by atoms with van der Waals surface area (Å²) in [6.45, 7) is 8.42. The molecule has 0 bridgehead atoms. The van der Waals surface area contributed by atoms with Gasteiger partial charge in [-0.3, -0.25) is 9.89 Å². The largest absolute Gasteiger partial charge is 0.326 e. The SMILES string of the molecule is CC(C(=O)Nc1ccc(-c2n[nH]c(CN)n2)cc1)C(C)(C)C. The first-order valence-electron chi connectivity index (χ1n) is 7.34. The van der Waals surface area contributed by atoms with E-state index in [9.17, 15) is 4.79 Å². The number of benzene rings is 1. The van der Waals surface area contributed by atoms with E-state index in [4.69, 9.17) is 5.73 Å². The number of amides is 1. The number of aromatic nitrogens is 3. The minimum atomic E-state index is -0.0766. The van der Waals surface area contributed by atoms with Crippen molar-refractivity contribution in [3.05, 3.63) is 30.1 Å². The van der Waals surface area contributed by atoms with Crippen LogP contribution in [0.3, 0.4) is 0 Å². The number of nitrogens with one attached hydrogen (secondary N) is 2. The fourth-order valence-electron chi connectivity index (χ4n) is 1.86. The highest BCUT2D eigenvalue weighted by atomic mass is 16.1. The second kappa shape index (κ2) is 6.27. The van der Waals surface area contributed by atoms with Crippen LogP contribution in [0.15, 0.2) is 24.3 Å². The lowest BCUT2D eigenvalue weighted by Crippen LogP contribution is -2.30. The zero-order chi connectivity index (χ0) is 16.3. The monoisotopic (exact) mass is 301 g/mol. The van der Waals surface area contributed by atoms with Crippen molar-refractivity contribution in [2.75, 3.05) is 5.32 Å². The Morgan fingerprint density at radius 3 is 2.45 bits per heavy atom. The summed E-state index contributed by atoms with van der Waals surface area (Å²) in [6.07, 6.45) is 0. The number of carbonyl (C=O) groups excluding carboxylic acids is 1. The van der Waals surface area contributed by atoms with Crippen LogP contribution in [0.25, 0.3) is 11.4 Å². The van der Waals surface area contributed by atoms with E-state index in [1.165, 1.54) is 0 Å². The van der Waals surface area contributed by atoms with Gasteiger partial charge in [0.05, 0.1) is 6.54 Å². The first-order valence-corrected chi connectivity index (χ1v) is 7.34. The zero-order valence-corrected chi connectivity index (χ0v) is 13.5. The third-order valence-electron chi connectivity index (χ3n) is 3.83. The Balaban J connectivity index is 2.07. The maximum atomic E-state index is 12.2. The summed E-state index contributed by atoms with van der Waals surface area (Å²) in [5.41, 5.74) is 7.07. The Kier molecular flexibility index (Phi) is 4.61. The predicted molar refractivity (Wildman–Crippen MR) is 87.0 cm³/mol. The Hall–Kier alpha value is -2.21. The Labute approximate surface area is 130 Å². The van der Waals surface area contributed by atoms with E-state index in [-0.39, 0.29) is 17.2 Å². The topological polar surface area (TPSA) is 96.7 Å². The van der Waals surface area contributed by atoms with Crippen LogP contribution in [0.4, 0.5) is 5.69 Å². The molecule has 1 aromatic carbocycles. The number of aromatic amines is 1. The van der Waals surface area contributed by atoms with Gasteiger partial charge in [0.2, 0.25) is 5.91 Å². The van der Waals surface area contributed by atoms with Gasteiger partial charge in [0.25, 0.3) is 0 Å². The summed E-state index contributed by atoms with van der Waals surface area (Å²) in [5.74, 6) is 1.18. The van der Waals surface area contributed by atoms with Crippen molar-refractivity contribution in [2.45, 2.75) is 34.2 Å². The maximum Gasteiger partial charge on any atom is 0.227 e.